The van der Waals surface area contributed by atoms with Crippen LogP contribution in [0.5, 0.6) is 0 Å². The summed E-state index contributed by atoms with van der Waals surface area (Å²) in [6.07, 6.45) is 4.11. The van der Waals surface area contributed by atoms with Crippen molar-refractivity contribution < 1.29 is 23.4 Å². The Hall–Kier alpha value is -2.17. The van der Waals surface area contributed by atoms with Crippen LogP contribution in [0.2, 0.25) is 0 Å². The van der Waals surface area contributed by atoms with E-state index in [4.69, 9.17) is 6.42 Å². The van der Waals surface area contributed by atoms with Gasteiger partial charge in [-0.15, -0.1) is 6.42 Å². The number of ether oxygens (including phenoxy) is 1. The fraction of sp³-hybridized carbons (Fsp3) is 0.308. The number of nitrogens with one attached hydrogen (secondary N) is 2. The molecule has 0 spiro atoms. The lowest BCUT2D eigenvalue weighted by molar-refractivity contribution is 0.0663. The summed E-state index contributed by atoms with van der Waals surface area (Å²) < 4.78 is 31.7. The summed E-state index contributed by atoms with van der Waals surface area (Å²) in [7, 11) is 1.39. The Labute approximate surface area is 114 Å². The summed E-state index contributed by atoms with van der Waals surface area (Å²) in [5.41, 5.74) is -0.579. The minimum atomic E-state index is -0.981. The quantitative estimate of drug-likeness (QED) is 0.708. The first-order valence-electron chi connectivity index (χ1n) is 5.65. The molecule has 0 heterocycles. The van der Waals surface area contributed by atoms with Gasteiger partial charge in [-0.2, -0.15) is 0 Å². The topological polar surface area (TPSA) is 70.6 Å². The predicted molar refractivity (Wildman–Crippen MR) is 69.2 cm³/mol. The van der Waals surface area contributed by atoms with Crippen molar-refractivity contribution >= 4 is 11.7 Å². The van der Waals surface area contributed by atoms with Gasteiger partial charge >= 0.3 is 6.03 Å². The van der Waals surface area contributed by atoms with Crippen molar-refractivity contribution in [1.29, 1.82) is 0 Å². The van der Waals surface area contributed by atoms with Crippen LogP contribution in [-0.2, 0) is 4.74 Å². The van der Waals surface area contributed by atoms with E-state index in [-0.39, 0.29) is 18.7 Å². The molecule has 20 heavy (non-hydrogen) atoms. The van der Waals surface area contributed by atoms with Crippen molar-refractivity contribution in [2.24, 2.45) is 0 Å². The van der Waals surface area contributed by atoms with E-state index in [1.807, 2.05) is 5.32 Å². The van der Waals surface area contributed by atoms with Gasteiger partial charge < -0.3 is 20.5 Å². The van der Waals surface area contributed by atoms with Gasteiger partial charge in [0.05, 0.1) is 12.7 Å². The maximum Gasteiger partial charge on any atom is 0.319 e. The third-order valence-corrected chi connectivity index (χ3v) is 2.30. The second-order valence-corrected chi connectivity index (χ2v) is 3.90. The molecule has 1 unspecified atom stereocenters. The summed E-state index contributed by atoms with van der Waals surface area (Å²) in [5.74, 6) is 0.126. The molecule has 0 fully saturated rings. The molecule has 0 radical (unpaired) electrons. The number of benzene rings is 1. The smallest absolute Gasteiger partial charge is 0.319 e. The first-order chi connectivity index (χ1) is 9.47. The van der Waals surface area contributed by atoms with E-state index in [1.54, 1.807) is 0 Å². The van der Waals surface area contributed by atoms with Crippen molar-refractivity contribution in [1.82, 2.24) is 5.32 Å². The number of hydrogen-bond acceptors (Lipinski definition) is 3. The summed E-state index contributed by atoms with van der Waals surface area (Å²) >= 11 is 0. The van der Waals surface area contributed by atoms with Crippen molar-refractivity contribution in [2.75, 3.05) is 25.6 Å². The molecular formula is C13H14F2N2O3. The lowest BCUT2D eigenvalue weighted by Crippen LogP contribution is -2.37. The first kappa shape index (κ1) is 15.9. The Morgan fingerprint density at radius 3 is 2.60 bits per heavy atom. The zero-order chi connectivity index (χ0) is 15.1. The van der Waals surface area contributed by atoms with E-state index in [1.165, 1.54) is 7.11 Å². The number of terminal acetylenes is 1. The molecule has 1 aromatic carbocycles. The average molecular weight is 284 g/mol. The van der Waals surface area contributed by atoms with Gasteiger partial charge in [-0.25, -0.2) is 13.6 Å². The van der Waals surface area contributed by atoms with Crippen molar-refractivity contribution in [3.63, 3.8) is 0 Å². The lowest BCUT2D eigenvalue weighted by Gasteiger charge is -2.12. The van der Waals surface area contributed by atoms with Gasteiger partial charge in [0, 0.05) is 19.2 Å². The number of aliphatic hydroxyl groups excluding tert-OH is 1. The molecule has 108 valence electrons. The number of aliphatic hydroxyl groups is 1. The van der Waals surface area contributed by atoms with Crippen molar-refractivity contribution in [2.45, 2.75) is 6.10 Å². The molecule has 0 aliphatic rings. The third kappa shape index (κ3) is 4.50. The van der Waals surface area contributed by atoms with Crippen LogP contribution in [0.3, 0.4) is 0 Å². The minimum absolute atomic E-state index is 0.0276. The molecular weight excluding hydrogens is 270 g/mol. The number of carbonyl (C=O) groups is 1. The zero-order valence-corrected chi connectivity index (χ0v) is 10.7. The molecule has 1 rings (SSSR count). The van der Waals surface area contributed by atoms with Gasteiger partial charge in [0.15, 0.2) is 11.6 Å². The van der Waals surface area contributed by atoms with Gasteiger partial charge in [-0.3, -0.25) is 0 Å². The van der Waals surface area contributed by atoms with Crippen LogP contribution >= 0.6 is 0 Å². The molecule has 0 aromatic heterocycles. The molecule has 0 saturated heterocycles. The van der Waals surface area contributed by atoms with Crippen LogP contribution < -0.4 is 10.6 Å². The van der Waals surface area contributed by atoms with Crippen LogP contribution in [0.15, 0.2) is 12.1 Å². The summed E-state index contributed by atoms with van der Waals surface area (Å²) in [4.78, 5) is 11.4. The van der Waals surface area contributed by atoms with Crippen LogP contribution in [0, 0.1) is 24.0 Å². The van der Waals surface area contributed by atoms with E-state index in [0.29, 0.717) is 0 Å². The van der Waals surface area contributed by atoms with Gasteiger partial charge in [-0.05, 0) is 12.1 Å². The highest BCUT2D eigenvalue weighted by atomic mass is 19.1. The number of anilines is 1. The van der Waals surface area contributed by atoms with Crippen LogP contribution in [-0.4, -0.2) is 37.5 Å². The van der Waals surface area contributed by atoms with Crippen LogP contribution in [0.25, 0.3) is 0 Å². The first-order valence-corrected chi connectivity index (χ1v) is 5.65. The molecule has 0 saturated carbocycles. The monoisotopic (exact) mass is 284 g/mol. The van der Waals surface area contributed by atoms with Gasteiger partial charge in [0.25, 0.3) is 0 Å². The highest BCUT2D eigenvalue weighted by Crippen LogP contribution is 2.20. The number of carbonyl (C=O) groups excluding carboxylic acids is 1. The van der Waals surface area contributed by atoms with E-state index in [2.05, 4.69) is 16.0 Å². The number of halogens is 2. The van der Waals surface area contributed by atoms with E-state index in [9.17, 15) is 18.7 Å². The van der Waals surface area contributed by atoms with E-state index >= 15 is 0 Å². The normalized spacial score (nSPS) is 11.6. The number of hydrogen-bond donors (Lipinski definition) is 3. The molecule has 7 heteroatoms. The summed E-state index contributed by atoms with van der Waals surface area (Å²) in [6.45, 7) is -0.0920. The molecule has 3 N–H and O–H groups in total. The van der Waals surface area contributed by atoms with Crippen LogP contribution in [0.4, 0.5) is 19.3 Å². The fourth-order valence-corrected chi connectivity index (χ4v) is 1.40. The van der Waals surface area contributed by atoms with Gasteiger partial charge in [0.1, 0.15) is 5.69 Å². The highest BCUT2D eigenvalue weighted by molar-refractivity contribution is 5.89. The molecule has 0 bridgehead atoms. The standard InChI is InChI=1S/C13H14F2N2O3/c1-3-8-4-10(14)12(11(15)5-8)17-13(19)16-6-9(18)7-20-2/h1,4-5,9,18H,6-7H2,2H3,(H2,16,17,19). The fourth-order valence-electron chi connectivity index (χ4n) is 1.40. The number of amides is 2. The third-order valence-electron chi connectivity index (χ3n) is 2.30. The number of rotatable bonds is 5. The average Bonchev–Trinajstić information content (AvgIpc) is 2.40. The second-order valence-electron chi connectivity index (χ2n) is 3.90. The summed E-state index contributed by atoms with van der Waals surface area (Å²) in [6, 6.07) is 1.00. The molecule has 5 nitrogen and oxygen atoms in total. The number of methoxy groups -OCH3 is 1. The van der Waals surface area contributed by atoms with E-state index in [0.717, 1.165) is 12.1 Å². The maximum atomic E-state index is 13.5. The Morgan fingerprint density at radius 2 is 2.10 bits per heavy atom. The Bertz CT molecular complexity index is 506. The Morgan fingerprint density at radius 1 is 1.50 bits per heavy atom. The summed E-state index contributed by atoms with van der Waals surface area (Å²) in [5, 5.41) is 13.6. The zero-order valence-electron chi connectivity index (χ0n) is 10.7. The van der Waals surface area contributed by atoms with Gasteiger partial charge in [0.2, 0.25) is 0 Å². The predicted octanol–water partition coefficient (Wildman–Crippen LogP) is 1.07. The Kier molecular flexibility index (Phi) is 5.90. The molecule has 1 atom stereocenters. The van der Waals surface area contributed by atoms with Crippen LogP contribution in [0.1, 0.15) is 5.56 Å². The maximum absolute atomic E-state index is 13.5. The van der Waals surface area contributed by atoms with Crippen molar-refractivity contribution in [3.8, 4) is 12.3 Å². The second kappa shape index (κ2) is 7.43. The minimum Gasteiger partial charge on any atom is -0.389 e. The molecule has 2 amide bonds. The molecule has 1 aromatic rings. The van der Waals surface area contributed by atoms with E-state index < -0.39 is 29.5 Å². The lowest BCUT2D eigenvalue weighted by atomic mass is 10.2. The largest absolute Gasteiger partial charge is 0.389 e. The Balaban J connectivity index is 2.65. The molecule has 0 aliphatic carbocycles. The van der Waals surface area contributed by atoms with Gasteiger partial charge in [-0.1, -0.05) is 5.92 Å². The van der Waals surface area contributed by atoms with Crippen molar-refractivity contribution in [3.05, 3.63) is 29.3 Å². The number of urea groups is 1. The highest BCUT2D eigenvalue weighted by Gasteiger charge is 2.14. The molecule has 0 aliphatic heterocycles. The SMILES string of the molecule is C#Cc1cc(F)c(NC(=O)NCC(O)COC)c(F)c1.